The van der Waals surface area contributed by atoms with Crippen molar-refractivity contribution in [2.24, 2.45) is 0 Å². The molecule has 0 unspecified atom stereocenters. The summed E-state index contributed by atoms with van der Waals surface area (Å²) in [5.74, 6) is -0.858. The van der Waals surface area contributed by atoms with Crippen LogP contribution in [0.2, 0.25) is 0 Å². The molecule has 3 aromatic carbocycles. The Morgan fingerprint density at radius 1 is 0.840 bits per heavy atom. The maximum Gasteiger partial charge on any atom is 0.335 e. The van der Waals surface area contributed by atoms with Gasteiger partial charge in [0.05, 0.1) is 5.56 Å². The van der Waals surface area contributed by atoms with Gasteiger partial charge in [-0.05, 0) is 54.5 Å². The summed E-state index contributed by atoms with van der Waals surface area (Å²) in [6.45, 7) is 2.08. The molecule has 3 aromatic rings. The highest BCUT2D eigenvalue weighted by Crippen LogP contribution is 2.28. The molecule has 0 spiro atoms. The minimum absolute atomic E-state index is 0.408. The Bertz CT molecular complexity index is 849. The van der Waals surface area contributed by atoms with Crippen LogP contribution in [-0.2, 0) is 12.8 Å². The molecule has 0 aliphatic rings. The summed E-state index contributed by atoms with van der Waals surface area (Å²) in [6, 6.07) is 24.1. The summed E-state index contributed by atoms with van der Waals surface area (Å²) in [6.07, 6.45) is 2.62. The molecule has 3 rings (SSSR count). The molecule has 0 aliphatic heterocycles. The van der Waals surface area contributed by atoms with Crippen molar-refractivity contribution in [1.29, 1.82) is 0 Å². The van der Waals surface area contributed by atoms with E-state index in [2.05, 4.69) is 31.2 Å². The lowest BCUT2D eigenvalue weighted by atomic mass is 9.91. The number of carboxylic acids is 1. The minimum atomic E-state index is -0.858. The summed E-state index contributed by atoms with van der Waals surface area (Å²) in [4.78, 5) is 11.7. The summed E-state index contributed by atoms with van der Waals surface area (Å²) in [7, 11) is 0. The van der Waals surface area contributed by atoms with Crippen LogP contribution in [0.15, 0.2) is 72.8 Å². The number of aromatic carboxylic acids is 1. The Balaban J connectivity index is 1.85. The predicted molar refractivity (Wildman–Crippen MR) is 102 cm³/mol. The molecular formula is C23H22O2. The first kappa shape index (κ1) is 17.0. The number of carboxylic acid groups (broad SMARTS) is 1. The van der Waals surface area contributed by atoms with E-state index in [9.17, 15) is 9.90 Å². The monoisotopic (exact) mass is 330 g/mol. The fourth-order valence-electron chi connectivity index (χ4n) is 3.17. The van der Waals surface area contributed by atoms with Gasteiger partial charge in [-0.1, -0.05) is 72.3 Å². The molecule has 25 heavy (non-hydrogen) atoms. The third kappa shape index (κ3) is 4.16. The first-order chi connectivity index (χ1) is 12.1. The normalized spacial score (nSPS) is 10.6. The van der Waals surface area contributed by atoms with Gasteiger partial charge < -0.3 is 5.11 Å². The van der Waals surface area contributed by atoms with Crippen molar-refractivity contribution in [3.05, 3.63) is 95.1 Å². The molecular weight excluding hydrogens is 308 g/mol. The molecule has 1 N–H and O–H groups in total. The maximum atomic E-state index is 11.7. The predicted octanol–water partition coefficient (Wildman–Crippen LogP) is 5.54. The third-order valence-electron chi connectivity index (χ3n) is 4.50. The van der Waals surface area contributed by atoms with Crippen molar-refractivity contribution in [3.63, 3.8) is 0 Å². The molecule has 126 valence electrons. The average Bonchev–Trinajstić information content (AvgIpc) is 2.64. The average molecular weight is 330 g/mol. The van der Waals surface area contributed by atoms with Gasteiger partial charge >= 0.3 is 5.97 Å². The van der Waals surface area contributed by atoms with E-state index in [1.165, 1.54) is 11.1 Å². The molecule has 0 saturated carbocycles. The van der Waals surface area contributed by atoms with Crippen LogP contribution in [0.4, 0.5) is 0 Å². The minimum Gasteiger partial charge on any atom is -0.478 e. The molecule has 0 saturated heterocycles. The number of aryl methyl sites for hydroxylation is 2. The Labute approximate surface area is 148 Å². The Kier molecular flexibility index (Phi) is 5.30. The summed E-state index contributed by atoms with van der Waals surface area (Å²) < 4.78 is 0. The Hall–Kier alpha value is -2.87. The van der Waals surface area contributed by atoms with Crippen LogP contribution in [0.25, 0.3) is 11.1 Å². The van der Waals surface area contributed by atoms with Crippen LogP contribution < -0.4 is 0 Å². The first-order valence-electron chi connectivity index (χ1n) is 8.61. The van der Waals surface area contributed by atoms with E-state index in [4.69, 9.17) is 0 Å². The zero-order valence-electron chi connectivity index (χ0n) is 14.4. The molecule has 2 nitrogen and oxygen atoms in total. The first-order valence-corrected chi connectivity index (χ1v) is 8.61. The van der Waals surface area contributed by atoms with Crippen LogP contribution in [0.3, 0.4) is 0 Å². The lowest BCUT2D eigenvalue weighted by molar-refractivity contribution is 0.0695. The maximum absolute atomic E-state index is 11.7. The highest BCUT2D eigenvalue weighted by molar-refractivity contribution is 5.92. The van der Waals surface area contributed by atoms with Crippen molar-refractivity contribution in [2.45, 2.75) is 26.2 Å². The van der Waals surface area contributed by atoms with E-state index in [1.807, 2.05) is 42.5 Å². The summed E-state index contributed by atoms with van der Waals surface area (Å²) >= 11 is 0. The number of hydrogen-bond acceptors (Lipinski definition) is 1. The van der Waals surface area contributed by atoms with Crippen LogP contribution in [0.1, 0.15) is 33.5 Å². The SMILES string of the molecule is Cc1ccc(CCCc2c(C(=O)O)cccc2-c2ccccc2)cc1. The number of benzene rings is 3. The fraction of sp³-hybridized carbons (Fsp3) is 0.174. The van der Waals surface area contributed by atoms with Crippen molar-refractivity contribution in [2.75, 3.05) is 0 Å². The molecule has 0 fully saturated rings. The molecule has 0 radical (unpaired) electrons. The van der Waals surface area contributed by atoms with E-state index >= 15 is 0 Å². The molecule has 0 aliphatic carbocycles. The van der Waals surface area contributed by atoms with Crippen LogP contribution in [0, 0.1) is 6.92 Å². The van der Waals surface area contributed by atoms with Gasteiger partial charge in [-0.25, -0.2) is 4.79 Å². The second-order valence-electron chi connectivity index (χ2n) is 6.34. The lowest BCUT2D eigenvalue weighted by Crippen LogP contribution is -2.05. The number of hydrogen-bond donors (Lipinski definition) is 1. The second-order valence-corrected chi connectivity index (χ2v) is 6.34. The van der Waals surface area contributed by atoms with Gasteiger partial charge in [0, 0.05) is 0 Å². The van der Waals surface area contributed by atoms with E-state index < -0.39 is 5.97 Å². The van der Waals surface area contributed by atoms with E-state index in [1.54, 1.807) is 6.07 Å². The Morgan fingerprint density at radius 2 is 1.56 bits per heavy atom. The number of rotatable bonds is 6. The number of carbonyl (C=O) groups is 1. The standard InChI is InChI=1S/C23H22O2/c1-17-13-15-18(16-14-17)7-5-11-21-20(19-8-3-2-4-9-19)10-6-12-22(21)23(24)25/h2-4,6,8-10,12-16H,5,7,11H2,1H3,(H,24,25). The fourth-order valence-corrected chi connectivity index (χ4v) is 3.17. The highest BCUT2D eigenvalue weighted by Gasteiger charge is 2.14. The van der Waals surface area contributed by atoms with Crippen molar-refractivity contribution >= 4 is 5.97 Å². The zero-order chi connectivity index (χ0) is 17.6. The van der Waals surface area contributed by atoms with Gasteiger partial charge in [0.2, 0.25) is 0 Å². The van der Waals surface area contributed by atoms with Gasteiger partial charge in [-0.2, -0.15) is 0 Å². The van der Waals surface area contributed by atoms with Crippen molar-refractivity contribution < 1.29 is 9.90 Å². The molecule has 0 bridgehead atoms. The van der Waals surface area contributed by atoms with Crippen molar-refractivity contribution in [1.82, 2.24) is 0 Å². The second kappa shape index (κ2) is 7.80. The van der Waals surface area contributed by atoms with Gasteiger partial charge in [-0.3, -0.25) is 0 Å². The van der Waals surface area contributed by atoms with Crippen LogP contribution in [0.5, 0.6) is 0 Å². The van der Waals surface area contributed by atoms with Gasteiger partial charge in [0.15, 0.2) is 0 Å². The Morgan fingerprint density at radius 3 is 2.24 bits per heavy atom. The smallest absolute Gasteiger partial charge is 0.335 e. The molecule has 0 heterocycles. The van der Waals surface area contributed by atoms with Gasteiger partial charge in [0.25, 0.3) is 0 Å². The van der Waals surface area contributed by atoms with E-state index in [-0.39, 0.29) is 0 Å². The molecule has 2 heteroatoms. The zero-order valence-corrected chi connectivity index (χ0v) is 14.4. The van der Waals surface area contributed by atoms with E-state index in [0.29, 0.717) is 5.56 Å². The topological polar surface area (TPSA) is 37.3 Å². The van der Waals surface area contributed by atoms with Crippen LogP contribution >= 0.6 is 0 Å². The molecule has 0 amide bonds. The highest BCUT2D eigenvalue weighted by atomic mass is 16.4. The summed E-state index contributed by atoms with van der Waals surface area (Å²) in [5, 5.41) is 9.58. The summed E-state index contributed by atoms with van der Waals surface area (Å²) in [5.41, 5.74) is 5.96. The van der Waals surface area contributed by atoms with E-state index in [0.717, 1.165) is 36.0 Å². The van der Waals surface area contributed by atoms with Crippen molar-refractivity contribution in [3.8, 4) is 11.1 Å². The van der Waals surface area contributed by atoms with Crippen LogP contribution in [-0.4, -0.2) is 11.1 Å². The van der Waals surface area contributed by atoms with Gasteiger partial charge in [-0.15, -0.1) is 0 Å². The molecule has 0 atom stereocenters. The molecule has 0 aromatic heterocycles. The quantitative estimate of drug-likeness (QED) is 0.644. The third-order valence-corrected chi connectivity index (χ3v) is 4.50. The lowest BCUT2D eigenvalue weighted by Gasteiger charge is -2.13. The van der Waals surface area contributed by atoms with Gasteiger partial charge in [0.1, 0.15) is 0 Å². The largest absolute Gasteiger partial charge is 0.478 e.